The number of carboxylic acid groups (broad SMARTS) is 1. The van der Waals surface area contributed by atoms with E-state index in [0.717, 1.165) is 23.0 Å². The number of rotatable bonds is 3. The lowest BCUT2D eigenvalue weighted by atomic mass is 9.82. The zero-order chi connectivity index (χ0) is 16.0. The Balaban J connectivity index is 1.51. The first-order valence-electron chi connectivity index (χ1n) is 8.91. The minimum atomic E-state index is -0.872. The van der Waals surface area contributed by atoms with E-state index in [1.165, 1.54) is 36.8 Å². The maximum absolute atomic E-state index is 11.3. The molecule has 0 unspecified atom stereocenters. The van der Waals surface area contributed by atoms with Crippen molar-refractivity contribution in [1.29, 1.82) is 0 Å². The molecule has 3 nitrogen and oxygen atoms in total. The first-order chi connectivity index (χ1) is 11.7. The highest BCUT2D eigenvalue weighted by molar-refractivity contribution is 5.88. The molecule has 0 amide bonds. The molecule has 2 heterocycles. The minimum Gasteiger partial charge on any atom is -0.478 e. The Bertz CT molecular complexity index is 906. The third-order valence-electron chi connectivity index (χ3n) is 6.06. The van der Waals surface area contributed by atoms with Gasteiger partial charge in [-0.05, 0) is 83.0 Å². The van der Waals surface area contributed by atoms with E-state index in [9.17, 15) is 9.90 Å². The molecule has 2 saturated carbocycles. The highest BCUT2D eigenvalue weighted by Gasteiger charge is 2.45. The molecule has 120 valence electrons. The fraction of sp³-hybridized carbons (Fsp3) is 0.381. The van der Waals surface area contributed by atoms with Crippen LogP contribution in [0.5, 0.6) is 0 Å². The standard InChI is InChI=1S/C21H18O3/c22-21(23)12-5-6-13-16(7-12)20-18-9-15(11-3-4-11)14(10-1-2-10)8-17(18)19(13)24-20/h5-11,19-20H,1-4H2,(H,22,23)/t19-,20+/m0/s1. The van der Waals surface area contributed by atoms with Crippen molar-refractivity contribution in [1.82, 2.24) is 0 Å². The van der Waals surface area contributed by atoms with Gasteiger partial charge in [0.25, 0.3) is 0 Å². The SMILES string of the molecule is O=C(O)c1ccc2c(c1)[C@H]1O[C@@H]2c2cc(C3CC3)c(C3CC3)cc21. The van der Waals surface area contributed by atoms with Gasteiger partial charge in [-0.2, -0.15) is 0 Å². The minimum absolute atomic E-state index is 0.00593. The van der Waals surface area contributed by atoms with Crippen molar-refractivity contribution in [2.75, 3.05) is 0 Å². The van der Waals surface area contributed by atoms with Crippen molar-refractivity contribution in [3.63, 3.8) is 0 Å². The van der Waals surface area contributed by atoms with Crippen molar-refractivity contribution >= 4 is 5.97 Å². The van der Waals surface area contributed by atoms with Crippen LogP contribution in [0.3, 0.4) is 0 Å². The number of fused-ring (bicyclic) bond motifs is 8. The molecular weight excluding hydrogens is 300 g/mol. The molecule has 2 aromatic rings. The highest BCUT2D eigenvalue weighted by Crippen LogP contribution is 2.58. The number of hydrogen-bond donors (Lipinski definition) is 1. The summed E-state index contributed by atoms with van der Waals surface area (Å²) in [6.45, 7) is 0. The summed E-state index contributed by atoms with van der Waals surface area (Å²) in [4.78, 5) is 11.3. The molecule has 2 fully saturated rings. The predicted octanol–water partition coefficient (Wildman–Crippen LogP) is 4.66. The molecule has 0 spiro atoms. The topological polar surface area (TPSA) is 46.5 Å². The van der Waals surface area contributed by atoms with Crippen molar-refractivity contribution in [2.45, 2.75) is 49.7 Å². The molecule has 2 atom stereocenters. The predicted molar refractivity (Wildman–Crippen MR) is 88.6 cm³/mol. The van der Waals surface area contributed by atoms with Gasteiger partial charge in [0.2, 0.25) is 0 Å². The summed E-state index contributed by atoms with van der Waals surface area (Å²) >= 11 is 0. The molecule has 0 aromatic heterocycles. The Kier molecular flexibility index (Phi) is 2.35. The van der Waals surface area contributed by atoms with Gasteiger partial charge in [-0.1, -0.05) is 18.2 Å². The van der Waals surface area contributed by atoms with Gasteiger partial charge < -0.3 is 9.84 Å². The van der Waals surface area contributed by atoms with Gasteiger partial charge in [0.05, 0.1) is 5.56 Å². The van der Waals surface area contributed by atoms with Crippen LogP contribution in [-0.2, 0) is 4.74 Å². The summed E-state index contributed by atoms with van der Waals surface area (Å²) in [7, 11) is 0. The van der Waals surface area contributed by atoms with Crippen LogP contribution in [-0.4, -0.2) is 11.1 Å². The molecule has 2 bridgehead atoms. The van der Waals surface area contributed by atoms with Crippen molar-refractivity contribution < 1.29 is 14.6 Å². The normalized spacial score (nSPS) is 26.3. The zero-order valence-electron chi connectivity index (χ0n) is 13.3. The molecule has 2 aliphatic carbocycles. The lowest BCUT2D eigenvalue weighted by Crippen LogP contribution is -2.07. The molecule has 4 aliphatic rings. The highest BCUT2D eigenvalue weighted by atomic mass is 16.5. The summed E-state index contributed by atoms with van der Waals surface area (Å²) in [6, 6.07) is 10.3. The summed E-state index contributed by atoms with van der Waals surface area (Å²) in [5.74, 6) is 0.636. The van der Waals surface area contributed by atoms with Gasteiger partial charge in [-0.3, -0.25) is 0 Å². The van der Waals surface area contributed by atoms with Crippen molar-refractivity contribution in [2.24, 2.45) is 0 Å². The maximum atomic E-state index is 11.3. The van der Waals surface area contributed by atoms with Crippen LogP contribution in [0.4, 0.5) is 0 Å². The summed E-state index contributed by atoms with van der Waals surface area (Å²) in [6.07, 6.45) is 5.19. The molecule has 0 radical (unpaired) electrons. The van der Waals surface area contributed by atoms with Gasteiger partial charge in [0, 0.05) is 0 Å². The molecule has 3 heteroatoms. The molecule has 6 rings (SSSR count). The van der Waals surface area contributed by atoms with E-state index in [1.54, 1.807) is 23.3 Å². The van der Waals surface area contributed by atoms with Crippen LogP contribution in [0.25, 0.3) is 0 Å². The largest absolute Gasteiger partial charge is 0.478 e. The van der Waals surface area contributed by atoms with Gasteiger partial charge in [0.15, 0.2) is 0 Å². The number of hydrogen-bond acceptors (Lipinski definition) is 2. The third kappa shape index (κ3) is 1.68. The lowest BCUT2D eigenvalue weighted by molar-refractivity contribution is 0.0696. The molecular formula is C21H18O3. The van der Waals surface area contributed by atoms with E-state index in [1.807, 2.05) is 6.07 Å². The van der Waals surface area contributed by atoms with Crippen LogP contribution >= 0.6 is 0 Å². The van der Waals surface area contributed by atoms with Crippen LogP contribution in [0.15, 0.2) is 30.3 Å². The second kappa shape index (κ2) is 4.28. The number of aromatic carboxylic acids is 1. The zero-order valence-corrected chi connectivity index (χ0v) is 13.3. The summed E-state index contributed by atoms with van der Waals surface area (Å²) in [5.41, 5.74) is 8.26. The van der Waals surface area contributed by atoms with Crippen LogP contribution < -0.4 is 0 Å². The number of carboxylic acids is 1. The average molecular weight is 318 g/mol. The Morgan fingerprint density at radius 2 is 1.33 bits per heavy atom. The summed E-state index contributed by atoms with van der Waals surface area (Å²) in [5, 5.41) is 9.27. The quantitative estimate of drug-likeness (QED) is 0.895. The van der Waals surface area contributed by atoms with Gasteiger partial charge in [-0.25, -0.2) is 4.79 Å². The monoisotopic (exact) mass is 318 g/mol. The van der Waals surface area contributed by atoms with Gasteiger partial charge in [0.1, 0.15) is 12.2 Å². The molecule has 1 N–H and O–H groups in total. The van der Waals surface area contributed by atoms with E-state index in [0.29, 0.717) is 5.56 Å². The summed E-state index contributed by atoms with van der Waals surface area (Å²) < 4.78 is 6.27. The Morgan fingerprint density at radius 3 is 1.88 bits per heavy atom. The van der Waals surface area contributed by atoms with E-state index >= 15 is 0 Å². The molecule has 0 saturated heterocycles. The number of carbonyl (C=O) groups is 1. The second-order valence-corrected chi connectivity index (χ2v) is 7.70. The molecule has 2 aliphatic heterocycles. The smallest absolute Gasteiger partial charge is 0.335 e. The molecule has 24 heavy (non-hydrogen) atoms. The molecule has 2 aromatic carbocycles. The fourth-order valence-electron chi connectivity index (χ4n) is 4.56. The number of benzene rings is 2. The maximum Gasteiger partial charge on any atom is 0.335 e. The van der Waals surface area contributed by atoms with Gasteiger partial charge in [-0.15, -0.1) is 0 Å². The van der Waals surface area contributed by atoms with Crippen LogP contribution in [0, 0.1) is 0 Å². The van der Waals surface area contributed by atoms with E-state index in [2.05, 4.69) is 12.1 Å². The Morgan fingerprint density at radius 1 is 0.792 bits per heavy atom. The fourth-order valence-corrected chi connectivity index (χ4v) is 4.56. The first-order valence-corrected chi connectivity index (χ1v) is 8.91. The van der Waals surface area contributed by atoms with Crippen molar-refractivity contribution in [3.8, 4) is 0 Å². The van der Waals surface area contributed by atoms with Crippen molar-refractivity contribution in [3.05, 3.63) is 69.3 Å². The lowest BCUT2D eigenvalue weighted by Gasteiger charge is -2.20. The first kappa shape index (κ1) is 13.2. The Labute approximate surface area is 140 Å². The van der Waals surface area contributed by atoms with E-state index in [4.69, 9.17) is 4.74 Å². The Hall–Kier alpha value is -2.13. The number of ether oxygens (including phenoxy) is 1. The third-order valence-corrected chi connectivity index (χ3v) is 6.06. The van der Waals surface area contributed by atoms with Crippen LogP contribution in [0.2, 0.25) is 0 Å². The van der Waals surface area contributed by atoms with Gasteiger partial charge >= 0.3 is 5.97 Å². The second-order valence-electron chi connectivity index (χ2n) is 7.70. The van der Waals surface area contributed by atoms with E-state index in [-0.39, 0.29) is 12.2 Å². The average Bonchev–Trinajstić information content (AvgIpc) is 3.51. The van der Waals surface area contributed by atoms with E-state index < -0.39 is 5.97 Å². The van der Waals surface area contributed by atoms with Crippen LogP contribution in [0.1, 0.15) is 93.5 Å².